The predicted octanol–water partition coefficient (Wildman–Crippen LogP) is 0.252. The van der Waals surface area contributed by atoms with Crippen molar-refractivity contribution in [3.63, 3.8) is 0 Å². The summed E-state index contributed by atoms with van der Waals surface area (Å²) < 4.78 is 8.95. The summed E-state index contributed by atoms with van der Waals surface area (Å²) in [6, 6.07) is 0. The molecule has 0 aromatic heterocycles. The Hall–Kier alpha value is -1.66. The van der Waals surface area contributed by atoms with Gasteiger partial charge in [-0.15, -0.1) is 0 Å². The van der Waals surface area contributed by atoms with E-state index in [-0.39, 0.29) is 6.42 Å². The molecule has 1 unspecified atom stereocenters. The fraction of sp³-hybridized carbons (Fsp3) is 0.455. The van der Waals surface area contributed by atoms with Crippen LogP contribution in [0.4, 0.5) is 0 Å². The van der Waals surface area contributed by atoms with Crippen molar-refractivity contribution in [1.82, 2.24) is 0 Å². The van der Waals surface area contributed by atoms with Gasteiger partial charge in [0, 0.05) is 12.2 Å². The summed E-state index contributed by atoms with van der Waals surface area (Å²) in [5, 5.41) is 19.8. The minimum Gasteiger partial charge on any atom is -0.393 e. The molecule has 0 aromatic rings. The van der Waals surface area contributed by atoms with E-state index in [2.05, 4.69) is 22.6 Å². The van der Waals surface area contributed by atoms with Gasteiger partial charge < -0.3 is 19.7 Å². The molecule has 0 rings (SSSR count). The second-order valence-electron chi connectivity index (χ2n) is 3.46. The van der Waals surface area contributed by atoms with E-state index in [1.807, 2.05) is 0 Å². The Bertz CT molecular complexity index is 309. The van der Waals surface area contributed by atoms with E-state index in [9.17, 15) is 19.8 Å². The maximum atomic E-state index is 11.0. The van der Waals surface area contributed by atoms with Crippen molar-refractivity contribution in [3.05, 3.63) is 25.3 Å². The third kappa shape index (κ3) is 3.69. The van der Waals surface area contributed by atoms with E-state index in [1.54, 1.807) is 0 Å². The number of ether oxygens (including phenoxy) is 2. The number of rotatable bonds is 6. The maximum absolute atomic E-state index is 11.0. The zero-order valence-corrected chi connectivity index (χ0v) is 9.80. The number of hydrogen-bond donors (Lipinski definition) is 2. The summed E-state index contributed by atoms with van der Waals surface area (Å²) in [6.07, 6.45) is 1.50. The number of hydrogen-bond acceptors (Lipinski definition) is 6. The minimum atomic E-state index is -2.79. The van der Waals surface area contributed by atoms with E-state index in [0.29, 0.717) is 0 Å². The molecule has 0 saturated heterocycles. The number of carbonyl (C=O) groups is 2. The molecule has 0 radical (unpaired) electrons. The lowest BCUT2D eigenvalue weighted by atomic mass is 10.0. The van der Waals surface area contributed by atoms with Crippen LogP contribution in [0.3, 0.4) is 0 Å². The predicted molar refractivity (Wildman–Crippen MR) is 58.4 cm³/mol. The van der Waals surface area contributed by atoms with Crippen molar-refractivity contribution >= 4 is 11.9 Å². The highest BCUT2D eigenvalue weighted by Crippen LogP contribution is 2.28. The molecule has 0 saturated carbocycles. The van der Waals surface area contributed by atoms with Crippen LogP contribution in [-0.4, -0.2) is 33.7 Å². The SMILES string of the molecule is C=CC(=O)OC(O)(OC(=O)C=C)C(C)(O)CC. The second kappa shape index (κ2) is 5.60. The Labute approximate surface area is 99.1 Å². The minimum absolute atomic E-state index is 0.0294. The Morgan fingerprint density at radius 3 is 1.76 bits per heavy atom. The lowest BCUT2D eigenvalue weighted by Gasteiger charge is -2.36. The van der Waals surface area contributed by atoms with Crippen molar-refractivity contribution < 1.29 is 29.3 Å². The lowest BCUT2D eigenvalue weighted by molar-refractivity contribution is -0.386. The van der Waals surface area contributed by atoms with Gasteiger partial charge in [0.2, 0.25) is 0 Å². The van der Waals surface area contributed by atoms with Crippen LogP contribution >= 0.6 is 0 Å². The number of aliphatic hydroxyl groups is 2. The average molecular weight is 244 g/mol. The molecular formula is C11H16O6. The average Bonchev–Trinajstić information content (AvgIpc) is 2.28. The van der Waals surface area contributed by atoms with E-state index in [0.717, 1.165) is 19.1 Å². The van der Waals surface area contributed by atoms with Crippen molar-refractivity contribution in [2.24, 2.45) is 0 Å². The second-order valence-corrected chi connectivity index (χ2v) is 3.46. The van der Waals surface area contributed by atoms with Crippen LogP contribution < -0.4 is 0 Å². The molecule has 0 aliphatic carbocycles. The molecular weight excluding hydrogens is 228 g/mol. The van der Waals surface area contributed by atoms with Crippen LogP contribution in [-0.2, 0) is 19.1 Å². The summed E-state index contributed by atoms with van der Waals surface area (Å²) in [4.78, 5) is 22.1. The highest BCUT2D eigenvalue weighted by atomic mass is 16.9. The quantitative estimate of drug-likeness (QED) is 0.395. The van der Waals surface area contributed by atoms with Crippen molar-refractivity contribution in [2.45, 2.75) is 31.8 Å². The van der Waals surface area contributed by atoms with E-state index >= 15 is 0 Å². The van der Waals surface area contributed by atoms with Crippen LogP contribution in [0.2, 0.25) is 0 Å². The first-order valence-electron chi connectivity index (χ1n) is 4.88. The highest BCUT2D eigenvalue weighted by Gasteiger charge is 2.52. The van der Waals surface area contributed by atoms with Crippen molar-refractivity contribution in [1.29, 1.82) is 0 Å². The van der Waals surface area contributed by atoms with Crippen molar-refractivity contribution in [2.75, 3.05) is 0 Å². The van der Waals surface area contributed by atoms with E-state index in [4.69, 9.17) is 0 Å². The van der Waals surface area contributed by atoms with Crippen LogP contribution in [0.15, 0.2) is 25.3 Å². The topological polar surface area (TPSA) is 93.1 Å². The molecule has 0 amide bonds. The van der Waals surface area contributed by atoms with Crippen molar-refractivity contribution in [3.8, 4) is 0 Å². The summed E-state index contributed by atoms with van der Waals surface area (Å²) in [6.45, 7) is 8.91. The Morgan fingerprint density at radius 1 is 1.18 bits per heavy atom. The maximum Gasteiger partial charge on any atom is 0.404 e. The van der Waals surface area contributed by atoms with Gasteiger partial charge in [0.1, 0.15) is 0 Å². The highest BCUT2D eigenvalue weighted by molar-refractivity contribution is 5.83. The van der Waals surface area contributed by atoms with Gasteiger partial charge in [-0.25, -0.2) is 9.59 Å². The zero-order valence-electron chi connectivity index (χ0n) is 9.80. The normalized spacial score (nSPS) is 14.4. The molecule has 6 nitrogen and oxygen atoms in total. The number of esters is 2. The summed E-state index contributed by atoms with van der Waals surface area (Å²) >= 11 is 0. The van der Waals surface area contributed by atoms with Gasteiger partial charge in [-0.3, -0.25) is 0 Å². The monoisotopic (exact) mass is 244 g/mol. The van der Waals surface area contributed by atoms with Crippen LogP contribution in [0.1, 0.15) is 20.3 Å². The van der Waals surface area contributed by atoms with Gasteiger partial charge in [0.25, 0.3) is 0 Å². The van der Waals surface area contributed by atoms with Crippen LogP contribution in [0.25, 0.3) is 0 Å². The largest absolute Gasteiger partial charge is 0.404 e. The van der Waals surface area contributed by atoms with Gasteiger partial charge in [-0.1, -0.05) is 20.1 Å². The Balaban J connectivity index is 5.19. The molecule has 96 valence electrons. The zero-order chi connectivity index (χ0) is 13.7. The molecule has 0 aliphatic heterocycles. The van der Waals surface area contributed by atoms with Gasteiger partial charge in [-0.05, 0) is 13.3 Å². The molecule has 17 heavy (non-hydrogen) atoms. The molecule has 2 N–H and O–H groups in total. The molecule has 0 spiro atoms. The smallest absolute Gasteiger partial charge is 0.393 e. The Kier molecular flexibility index (Phi) is 5.06. The number of carbonyl (C=O) groups excluding carboxylic acids is 2. The molecule has 0 fully saturated rings. The summed E-state index contributed by atoms with van der Waals surface area (Å²) in [7, 11) is 0. The van der Waals surface area contributed by atoms with E-state index < -0.39 is 23.5 Å². The summed E-state index contributed by atoms with van der Waals surface area (Å²) in [5.41, 5.74) is -1.97. The molecule has 1 atom stereocenters. The first-order valence-corrected chi connectivity index (χ1v) is 4.88. The first-order chi connectivity index (χ1) is 7.72. The fourth-order valence-electron chi connectivity index (χ4n) is 0.820. The summed E-state index contributed by atoms with van der Waals surface area (Å²) in [5.74, 6) is -4.88. The third-order valence-electron chi connectivity index (χ3n) is 2.18. The molecule has 0 aliphatic rings. The third-order valence-corrected chi connectivity index (χ3v) is 2.18. The lowest BCUT2D eigenvalue weighted by Crippen LogP contribution is -2.57. The van der Waals surface area contributed by atoms with E-state index in [1.165, 1.54) is 6.92 Å². The fourth-order valence-corrected chi connectivity index (χ4v) is 0.820. The molecule has 0 bridgehead atoms. The molecule has 0 heterocycles. The Morgan fingerprint density at radius 2 is 1.53 bits per heavy atom. The van der Waals surface area contributed by atoms with Gasteiger partial charge in [0.15, 0.2) is 5.60 Å². The van der Waals surface area contributed by atoms with Crippen LogP contribution in [0.5, 0.6) is 0 Å². The van der Waals surface area contributed by atoms with Gasteiger partial charge in [-0.2, -0.15) is 0 Å². The van der Waals surface area contributed by atoms with Gasteiger partial charge in [0.05, 0.1) is 0 Å². The molecule has 6 heteroatoms. The standard InChI is InChI=1S/C11H16O6/c1-5-8(12)16-11(15,10(4,14)7-3)17-9(13)6-2/h5-6,14-15H,1-2,7H2,3-4H3. The van der Waals surface area contributed by atoms with Crippen LogP contribution in [0, 0.1) is 0 Å². The molecule has 0 aromatic carbocycles. The first kappa shape index (κ1) is 15.3. The van der Waals surface area contributed by atoms with Gasteiger partial charge >= 0.3 is 17.9 Å².